The van der Waals surface area contributed by atoms with Crippen molar-refractivity contribution in [3.63, 3.8) is 0 Å². The predicted octanol–water partition coefficient (Wildman–Crippen LogP) is 5.13. The molecular weight excluding hydrogens is 277 g/mol. The van der Waals surface area contributed by atoms with Crippen LogP contribution in [0.5, 0.6) is 0 Å². The Morgan fingerprint density at radius 3 is 2.38 bits per heavy atom. The van der Waals surface area contributed by atoms with Gasteiger partial charge in [0.2, 0.25) is 6.10 Å². The average Bonchev–Trinajstić information content (AvgIpc) is 2.81. The minimum Gasteiger partial charge on any atom is -0.475 e. The predicted molar refractivity (Wildman–Crippen MR) is 75.4 cm³/mol. The van der Waals surface area contributed by atoms with Crippen molar-refractivity contribution >= 4 is 11.8 Å². The standard InChI is InChI=1S/C17H13F3O/c1-11-6-2-3-7-12(11)10-15-13-8-4-5-9-14(13)16(21-15)17(18,19)20/h2-10,16H,1H3/b15-10-. The Hall–Kier alpha value is -2.23. The highest BCUT2D eigenvalue weighted by Gasteiger charge is 2.48. The largest absolute Gasteiger partial charge is 0.475 e. The van der Waals surface area contributed by atoms with Gasteiger partial charge in [-0.1, -0.05) is 48.5 Å². The Labute approximate surface area is 120 Å². The van der Waals surface area contributed by atoms with Gasteiger partial charge in [0.05, 0.1) is 0 Å². The van der Waals surface area contributed by atoms with Crippen molar-refractivity contribution < 1.29 is 17.9 Å². The van der Waals surface area contributed by atoms with Crippen LogP contribution in [0.1, 0.15) is 28.4 Å². The van der Waals surface area contributed by atoms with Crippen molar-refractivity contribution in [2.45, 2.75) is 19.2 Å². The molecule has 0 N–H and O–H groups in total. The zero-order valence-electron chi connectivity index (χ0n) is 11.3. The van der Waals surface area contributed by atoms with Gasteiger partial charge in [-0.15, -0.1) is 0 Å². The molecule has 2 aromatic carbocycles. The molecular formula is C17H13F3O. The number of fused-ring (bicyclic) bond motifs is 1. The summed E-state index contributed by atoms with van der Waals surface area (Å²) in [6, 6.07) is 13.9. The van der Waals surface area contributed by atoms with E-state index in [1.807, 2.05) is 31.2 Å². The van der Waals surface area contributed by atoms with Crippen LogP contribution in [0.15, 0.2) is 48.5 Å². The summed E-state index contributed by atoms with van der Waals surface area (Å²) in [4.78, 5) is 0. The van der Waals surface area contributed by atoms with E-state index >= 15 is 0 Å². The smallest absolute Gasteiger partial charge is 0.429 e. The molecule has 0 radical (unpaired) electrons. The maximum Gasteiger partial charge on any atom is 0.429 e. The molecule has 4 heteroatoms. The van der Waals surface area contributed by atoms with Crippen LogP contribution in [-0.4, -0.2) is 6.18 Å². The summed E-state index contributed by atoms with van der Waals surface area (Å²) in [7, 11) is 0. The van der Waals surface area contributed by atoms with E-state index in [4.69, 9.17) is 4.74 Å². The fourth-order valence-electron chi connectivity index (χ4n) is 2.45. The van der Waals surface area contributed by atoms with Gasteiger partial charge in [-0.3, -0.25) is 0 Å². The fraction of sp³-hybridized carbons (Fsp3) is 0.176. The molecule has 1 nitrogen and oxygen atoms in total. The molecule has 108 valence electrons. The summed E-state index contributed by atoms with van der Waals surface area (Å²) in [6.07, 6.45) is -4.64. The number of alkyl halides is 3. The van der Waals surface area contributed by atoms with E-state index in [2.05, 4.69) is 0 Å². The summed E-state index contributed by atoms with van der Waals surface area (Å²) >= 11 is 0. The lowest BCUT2D eigenvalue weighted by Gasteiger charge is -2.15. The maximum absolute atomic E-state index is 13.1. The molecule has 1 unspecified atom stereocenters. The van der Waals surface area contributed by atoms with E-state index in [1.54, 1.807) is 24.3 Å². The van der Waals surface area contributed by atoms with Crippen molar-refractivity contribution in [3.05, 3.63) is 70.8 Å². The Balaban J connectivity index is 2.09. The molecule has 21 heavy (non-hydrogen) atoms. The number of ether oxygens (including phenoxy) is 1. The van der Waals surface area contributed by atoms with Gasteiger partial charge in [-0.25, -0.2) is 0 Å². The summed E-state index contributed by atoms with van der Waals surface area (Å²) < 4.78 is 44.4. The van der Waals surface area contributed by atoms with Crippen LogP contribution in [-0.2, 0) is 4.74 Å². The molecule has 2 aromatic rings. The van der Waals surface area contributed by atoms with Crippen molar-refractivity contribution in [1.82, 2.24) is 0 Å². The summed E-state index contributed by atoms with van der Waals surface area (Å²) in [6.45, 7) is 1.91. The molecule has 0 saturated carbocycles. The van der Waals surface area contributed by atoms with Crippen LogP contribution < -0.4 is 0 Å². The van der Waals surface area contributed by atoms with Gasteiger partial charge in [0.1, 0.15) is 5.76 Å². The van der Waals surface area contributed by atoms with Crippen LogP contribution in [0.4, 0.5) is 13.2 Å². The highest BCUT2D eigenvalue weighted by Crippen LogP contribution is 2.47. The molecule has 0 spiro atoms. The summed E-state index contributed by atoms with van der Waals surface area (Å²) in [5.74, 6) is 0.266. The number of halogens is 3. The number of hydrogen-bond acceptors (Lipinski definition) is 1. The van der Waals surface area contributed by atoms with Crippen LogP contribution in [0, 0.1) is 6.92 Å². The summed E-state index contributed by atoms with van der Waals surface area (Å²) in [5.41, 5.74) is 2.51. The summed E-state index contributed by atoms with van der Waals surface area (Å²) in [5, 5.41) is 0. The van der Waals surface area contributed by atoms with Crippen LogP contribution in [0.3, 0.4) is 0 Å². The quantitative estimate of drug-likeness (QED) is 0.707. The van der Waals surface area contributed by atoms with Crippen molar-refractivity contribution in [3.8, 4) is 0 Å². The Morgan fingerprint density at radius 2 is 1.67 bits per heavy atom. The molecule has 1 atom stereocenters. The highest BCUT2D eigenvalue weighted by atomic mass is 19.4. The molecule has 1 aliphatic heterocycles. The third-order valence-electron chi connectivity index (χ3n) is 3.53. The van der Waals surface area contributed by atoms with Gasteiger partial charge in [0, 0.05) is 11.1 Å². The number of hydrogen-bond donors (Lipinski definition) is 0. The molecule has 0 fully saturated rings. The molecule has 0 amide bonds. The molecule has 0 bridgehead atoms. The lowest BCUT2D eigenvalue weighted by Crippen LogP contribution is -2.19. The molecule has 1 heterocycles. The molecule has 0 aliphatic carbocycles. The third-order valence-corrected chi connectivity index (χ3v) is 3.53. The second-order valence-electron chi connectivity index (χ2n) is 4.99. The van der Waals surface area contributed by atoms with Crippen molar-refractivity contribution in [1.29, 1.82) is 0 Å². The monoisotopic (exact) mass is 290 g/mol. The van der Waals surface area contributed by atoms with Crippen molar-refractivity contribution in [2.75, 3.05) is 0 Å². The number of aryl methyl sites for hydroxylation is 1. The first-order chi connectivity index (χ1) is 9.97. The van der Waals surface area contributed by atoms with E-state index in [0.29, 0.717) is 5.56 Å². The minimum absolute atomic E-state index is 0.171. The Morgan fingerprint density at radius 1 is 1.00 bits per heavy atom. The van der Waals surface area contributed by atoms with Crippen LogP contribution in [0.25, 0.3) is 11.8 Å². The molecule has 0 saturated heterocycles. The van der Waals surface area contributed by atoms with Crippen LogP contribution in [0.2, 0.25) is 0 Å². The molecule has 3 rings (SSSR count). The normalized spacial score (nSPS) is 19.4. The van der Waals surface area contributed by atoms with Gasteiger partial charge in [0.25, 0.3) is 0 Å². The first kappa shape index (κ1) is 13.7. The lowest BCUT2D eigenvalue weighted by molar-refractivity contribution is -0.201. The lowest BCUT2D eigenvalue weighted by atomic mass is 10.0. The first-order valence-electron chi connectivity index (χ1n) is 6.57. The average molecular weight is 290 g/mol. The van der Waals surface area contributed by atoms with Crippen LogP contribution >= 0.6 is 0 Å². The van der Waals surface area contributed by atoms with E-state index < -0.39 is 12.3 Å². The zero-order chi connectivity index (χ0) is 15.0. The SMILES string of the molecule is Cc1ccccc1/C=C1\OC(C(F)(F)F)c2ccccc21. The van der Waals surface area contributed by atoms with E-state index in [9.17, 15) is 13.2 Å². The van der Waals surface area contributed by atoms with E-state index in [0.717, 1.165) is 11.1 Å². The molecule has 0 aromatic heterocycles. The van der Waals surface area contributed by atoms with Gasteiger partial charge in [0.15, 0.2) is 0 Å². The van der Waals surface area contributed by atoms with Gasteiger partial charge in [-0.05, 0) is 24.1 Å². The number of rotatable bonds is 1. The van der Waals surface area contributed by atoms with E-state index in [-0.39, 0.29) is 11.3 Å². The topological polar surface area (TPSA) is 9.23 Å². The zero-order valence-corrected chi connectivity index (χ0v) is 11.3. The minimum atomic E-state index is -4.42. The second-order valence-corrected chi connectivity index (χ2v) is 4.99. The van der Waals surface area contributed by atoms with Gasteiger partial charge in [-0.2, -0.15) is 13.2 Å². The van der Waals surface area contributed by atoms with E-state index in [1.165, 1.54) is 6.07 Å². The Bertz CT molecular complexity index is 701. The van der Waals surface area contributed by atoms with Crippen molar-refractivity contribution in [2.24, 2.45) is 0 Å². The van der Waals surface area contributed by atoms with Gasteiger partial charge < -0.3 is 4.74 Å². The Kier molecular flexibility index (Phi) is 3.24. The first-order valence-corrected chi connectivity index (χ1v) is 6.57. The number of benzene rings is 2. The van der Waals surface area contributed by atoms with Gasteiger partial charge >= 0.3 is 6.18 Å². The third kappa shape index (κ3) is 2.53. The maximum atomic E-state index is 13.1. The highest BCUT2D eigenvalue weighted by molar-refractivity contribution is 5.82. The second kappa shape index (κ2) is 4.95. The fourth-order valence-corrected chi connectivity index (χ4v) is 2.45. The molecule has 1 aliphatic rings.